The van der Waals surface area contributed by atoms with Gasteiger partial charge in [0.25, 0.3) is 0 Å². The van der Waals surface area contributed by atoms with Gasteiger partial charge in [-0.05, 0) is 32.4 Å². The van der Waals surface area contributed by atoms with Gasteiger partial charge in [-0.25, -0.2) is 0 Å². The minimum absolute atomic E-state index is 0.157. The molecule has 1 aromatic carbocycles. The summed E-state index contributed by atoms with van der Waals surface area (Å²) in [5.41, 5.74) is 1.40. The van der Waals surface area contributed by atoms with Crippen molar-refractivity contribution in [3.05, 3.63) is 29.3 Å². The van der Waals surface area contributed by atoms with Gasteiger partial charge in [0.05, 0.1) is 18.8 Å². The molecule has 0 amide bonds. The van der Waals surface area contributed by atoms with Gasteiger partial charge < -0.3 is 25.4 Å². The van der Waals surface area contributed by atoms with E-state index in [1.165, 1.54) is 5.56 Å². The molecule has 0 fully saturated rings. The fourth-order valence-corrected chi connectivity index (χ4v) is 1.73. The highest BCUT2D eigenvalue weighted by Gasteiger charge is 2.22. The zero-order valence-corrected chi connectivity index (χ0v) is 12.4. The zero-order valence-electron chi connectivity index (χ0n) is 12.4. The Bertz CT molecular complexity index is 418. The quantitative estimate of drug-likeness (QED) is 0.554. The molecule has 0 aromatic heterocycles. The summed E-state index contributed by atoms with van der Waals surface area (Å²) in [4.78, 5) is 0. The minimum atomic E-state index is -0.791. The number of aliphatic hydroxyl groups excluding tert-OH is 3. The molecule has 0 radical (unpaired) electrons. The Balaban J connectivity index is 2.41. The minimum Gasteiger partial charge on any atom is -0.491 e. The van der Waals surface area contributed by atoms with Crippen molar-refractivity contribution in [1.82, 2.24) is 5.32 Å². The molecule has 0 aliphatic rings. The largest absolute Gasteiger partial charge is 0.491 e. The maximum Gasteiger partial charge on any atom is 0.122 e. The number of aryl methyl sites for hydroxylation is 2. The van der Waals surface area contributed by atoms with E-state index in [-0.39, 0.29) is 26.4 Å². The molecule has 0 saturated carbocycles. The van der Waals surface area contributed by atoms with E-state index < -0.39 is 11.6 Å². The van der Waals surface area contributed by atoms with Crippen molar-refractivity contribution in [2.75, 3.05) is 26.4 Å². The SMILES string of the molecule is Cc1ccc(OCC(O)CNC(C)(CO)CO)c(C)c1. The summed E-state index contributed by atoms with van der Waals surface area (Å²) in [6.45, 7) is 5.65. The first-order chi connectivity index (χ1) is 9.40. The van der Waals surface area contributed by atoms with Crippen LogP contribution in [0.25, 0.3) is 0 Å². The Labute approximate surface area is 120 Å². The van der Waals surface area contributed by atoms with Gasteiger partial charge in [0.15, 0.2) is 0 Å². The highest BCUT2D eigenvalue weighted by atomic mass is 16.5. The number of rotatable bonds is 8. The molecule has 5 heteroatoms. The van der Waals surface area contributed by atoms with Crippen LogP contribution < -0.4 is 10.1 Å². The number of β-amino-alcohol motifs (C(OH)–C–C–N with tert-alkyl or cyclic N) is 1. The van der Waals surface area contributed by atoms with Gasteiger partial charge in [0.1, 0.15) is 18.5 Å². The van der Waals surface area contributed by atoms with Crippen LogP contribution in [0.3, 0.4) is 0 Å². The van der Waals surface area contributed by atoms with Gasteiger partial charge in [-0.1, -0.05) is 17.7 Å². The second-order valence-corrected chi connectivity index (χ2v) is 5.49. The summed E-state index contributed by atoms with van der Waals surface area (Å²) < 4.78 is 5.57. The Morgan fingerprint density at radius 3 is 2.45 bits per heavy atom. The van der Waals surface area contributed by atoms with Crippen LogP contribution >= 0.6 is 0 Å². The van der Waals surface area contributed by atoms with Crippen LogP contribution in [0, 0.1) is 13.8 Å². The Kier molecular flexibility index (Phi) is 6.42. The second-order valence-electron chi connectivity index (χ2n) is 5.49. The fraction of sp³-hybridized carbons (Fsp3) is 0.600. The Morgan fingerprint density at radius 2 is 1.90 bits per heavy atom. The van der Waals surface area contributed by atoms with Crippen molar-refractivity contribution < 1.29 is 20.1 Å². The van der Waals surface area contributed by atoms with E-state index in [9.17, 15) is 5.11 Å². The van der Waals surface area contributed by atoms with E-state index in [1.54, 1.807) is 6.92 Å². The van der Waals surface area contributed by atoms with E-state index in [0.29, 0.717) is 0 Å². The molecule has 1 atom stereocenters. The van der Waals surface area contributed by atoms with Gasteiger partial charge >= 0.3 is 0 Å². The molecule has 114 valence electrons. The summed E-state index contributed by atoms with van der Waals surface area (Å²) >= 11 is 0. The molecule has 1 unspecified atom stereocenters. The van der Waals surface area contributed by atoms with Crippen LogP contribution in [0.5, 0.6) is 5.75 Å². The van der Waals surface area contributed by atoms with E-state index in [1.807, 2.05) is 32.0 Å². The highest BCUT2D eigenvalue weighted by Crippen LogP contribution is 2.18. The predicted octanol–water partition coefficient (Wildman–Crippen LogP) is 0.376. The summed E-state index contributed by atoms with van der Waals surface area (Å²) in [7, 11) is 0. The monoisotopic (exact) mass is 283 g/mol. The predicted molar refractivity (Wildman–Crippen MR) is 78.0 cm³/mol. The zero-order chi connectivity index (χ0) is 15.2. The lowest BCUT2D eigenvalue weighted by molar-refractivity contribution is 0.0664. The fourth-order valence-electron chi connectivity index (χ4n) is 1.73. The lowest BCUT2D eigenvalue weighted by Crippen LogP contribution is -2.52. The highest BCUT2D eigenvalue weighted by molar-refractivity contribution is 5.35. The molecule has 0 saturated heterocycles. The van der Waals surface area contributed by atoms with E-state index in [2.05, 4.69) is 5.32 Å². The van der Waals surface area contributed by atoms with Gasteiger partial charge in [-0.2, -0.15) is 0 Å². The Hall–Kier alpha value is -1.14. The van der Waals surface area contributed by atoms with E-state index >= 15 is 0 Å². The normalized spacial score (nSPS) is 13.3. The third kappa shape index (κ3) is 5.09. The summed E-state index contributed by atoms with van der Waals surface area (Å²) in [5.74, 6) is 0.752. The molecule has 0 bridgehead atoms. The average molecular weight is 283 g/mol. The molecule has 0 aliphatic carbocycles. The van der Waals surface area contributed by atoms with Crippen molar-refractivity contribution in [3.63, 3.8) is 0 Å². The first-order valence-electron chi connectivity index (χ1n) is 6.75. The molecule has 5 nitrogen and oxygen atoms in total. The summed E-state index contributed by atoms with van der Waals surface area (Å²) in [5, 5.41) is 31.1. The summed E-state index contributed by atoms with van der Waals surface area (Å²) in [6, 6.07) is 5.87. The molecule has 0 aliphatic heterocycles. The maximum absolute atomic E-state index is 9.86. The van der Waals surface area contributed by atoms with E-state index in [4.69, 9.17) is 14.9 Å². The van der Waals surface area contributed by atoms with Crippen molar-refractivity contribution in [3.8, 4) is 5.75 Å². The molecule has 1 aromatic rings. The molecule has 1 rings (SSSR count). The van der Waals surface area contributed by atoms with Crippen molar-refractivity contribution >= 4 is 0 Å². The first kappa shape index (κ1) is 16.9. The first-order valence-corrected chi connectivity index (χ1v) is 6.75. The molecular formula is C15H25NO4. The Morgan fingerprint density at radius 1 is 1.25 bits per heavy atom. The molecular weight excluding hydrogens is 258 g/mol. The van der Waals surface area contributed by atoms with Crippen LogP contribution in [0.1, 0.15) is 18.1 Å². The molecule has 0 spiro atoms. The van der Waals surface area contributed by atoms with Crippen molar-refractivity contribution in [1.29, 1.82) is 0 Å². The van der Waals surface area contributed by atoms with Crippen LogP contribution in [0.2, 0.25) is 0 Å². The van der Waals surface area contributed by atoms with Crippen molar-refractivity contribution in [2.45, 2.75) is 32.4 Å². The number of aliphatic hydroxyl groups is 3. The second kappa shape index (κ2) is 7.59. The van der Waals surface area contributed by atoms with Gasteiger partial charge in [-0.3, -0.25) is 0 Å². The number of nitrogens with one attached hydrogen (secondary N) is 1. The van der Waals surface area contributed by atoms with Gasteiger partial charge in [-0.15, -0.1) is 0 Å². The van der Waals surface area contributed by atoms with Crippen LogP contribution in [-0.4, -0.2) is 53.3 Å². The number of hydrogen-bond donors (Lipinski definition) is 4. The van der Waals surface area contributed by atoms with Crippen molar-refractivity contribution in [2.24, 2.45) is 0 Å². The summed E-state index contributed by atoms with van der Waals surface area (Å²) in [6.07, 6.45) is -0.715. The topological polar surface area (TPSA) is 82.0 Å². The smallest absolute Gasteiger partial charge is 0.122 e. The standard InChI is InChI=1S/C15H25NO4/c1-11-4-5-14(12(2)6-11)20-8-13(19)7-16-15(3,9-17)10-18/h4-6,13,16-19H,7-10H2,1-3H3. The van der Waals surface area contributed by atoms with Crippen LogP contribution in [-0.2, 0) is 0 Å². The third-order valence-electron chi connectivity index (χ3n) is 3.22. The third-order valence-corrected chi connectivity index (χ3v) is 3.22. The van der Waals surface area contributed by atoms with Gasteiger partial charge in [0, 0.05) is 6.54 Å². The molecule has 20 heavy (non-hydrogen) atoms. The number of ether oxygens (including phenoxy) is 1. The maximum atomic E-state index is 9.86. The van der Waals surface area contributed by atoms with Crippen LogP contribution in [0.4, 0.5) is 0 Å². The average Bonchev–Trinajstić information content (AvgIpc) is 2.44. The van der Waals surface area contributed by atoms with E-state index in [0.717, 1.165) is 11.3 Å². The lowest BCUT2D eigenvalue weighted by atomic mass is 10.1. The van der Waals surface area contributed by atoms with Crippen LogP contribution in [0.15, 0.2) is 18.2 Å². The van der Waals surface area contributed by atoms with Gasteiger partial charge in [0.2, 0.25) is 0 Å². The molecule has 4 N–H and O–H groups in total. The lowest BCUT2D eigenvalue weighted by Gasteiger charge is -2.27. The number of hydrogen-bond acceptors (Lipinski definition) is 5. The molecule has 0 heterocycles. The number of benzene rings is 1.